The average molecular weight is 249 g/mol. The standard InChI is InChI=1S/C14H19NO3/c1-9(10(2)14(17)18)13(16)15-11(3)12-7-5-4-6-8-12/h4-11H,1-3H3,(H,15,16)(H,17,18)/t9?,10?,11-/m1/s1. The van der Waals surface area contributed by atoms with Crippen molar-refractivity contribution in [3.8, 4) is 0 Å². The van der Waals surface area contributed by atoms with E-state index in [4.69, 9.17) is 5.11 Å². The Bertz CT molecular complexity index is 416. The van der Waals surface area contributed by atoms with Crippen molar-refractivity contribution in [2.24, 2.45) is 11.8 Å². The van der Waals surface area contributed by atoms with Crippen LogP contribution in [0.2, 0.25) is 0 Å². The number of benzene rings is 1. The highest BCUT2D eigenvalue weighted by Gasteiger charge is 2.26. The van der Waals surface area contributed by atoms with E-state index in [1.165, 1.54) is 0 Å². The molecule has 2 unspecified atom stereocenters. The summed E-state index contributed by atoms with van der Waals surface area (Å²) in [6, 6.07) is 9.45. The third-order valence-corrected chi connectivity index (χ3v) is 3.21. The first-order valence-electron chi connectivity index (χ1n) is 6.01. The Morgan fingerprint density at radius 3 is 2.11 bits per heavy atom. The zero-order chi connectivity index (χ0) is 13.7. The van der Waals surface area contributed by atoms with Crippen LogP contribution in [0.5, 0.6) is 0 Å². The van der Waals surface area contributed by atoms with Crippen LogP contribution in [0.15, 0.2) is 30.3 Å². The molecule has 98 valence electrons. The second kappa shape index (κ2) is 6.19. The summed E-state index contributed by atoms with van der Waals surface area (Å²) in [4.78, 5) is 22.7. The summed E-state index contributed by atoms with van der Waals surface area (Å²) in [5, 5.41) is 11.7. The highest BCUT2D eigenvalue weighted by Crippen LogP contribution is 2.15. The molecule has 4 nitrogen and oxygen atoms in total. The smallest absolute Gasteiger partial charge is 0.307 e. The topological polar surface area (TPSA) is 66.4 Å². The van der Waals surface area contributed by atoms with Crippen LogP contribution in [-0.4, -0.2) is 17.0 Å². The van der Waals surface area contributed by atoms with Gasteiger partial charge in [-0.2, -0.15) is 0 Å². The van der Waals surface area contributed by atoms with E-state index in [2.05, 4.69) is 5.32 Å². The molecular weight excluding hydrogens is 230 g/mol. The molecule has 18 heavy (non-hydrogen) atoms. The maximum Gasteiger partial charge on any atom is 0.307 e. The lowest BCUT2D eigenvalue weighted by molar-refractivity contribution is -0.146. The highest BCUT2D eigenvalue weighted by atomic mass is 16.4. The van der Waals surface area contributed by atoms with Crippen molar-refractivity contribution in [1.29, 1.82) is 0 Å². The second-order valence-corrected chi connectivity index (χ2v) is 4.56. The third kappa shape index (κ3) is 3.58. The number of carboxylic acids is 1. The van der Waals surface area contributed by atoms with Crippen molar-refractivity contribution in [3.05, 3.63) is 35.9 Å². The molecule has 0 spiro atoms. The molecule has 0 fully saturated rings. The van der Waals surface area contributed by atoms with Crippen molar-refractivity contribution in [2.75, 3.05) is 0 Å². The molecule has 0 aliphatic rings. The van der Waals surface area contributed by atoms with Gasteiger partial charge in [-0.1, -0.05) is 44.2 Å². The summed E-state index contributed by atoms with van der Waals surface area (Å²) < 4.78 is 0. The first kappa shape index (κ1) is 14.2. The van der Waals surface area contributed by atoms with Crippen LogP contribution >= 0.6 is 0 Å². The van der Waals surface area contributed by atoms with E-state index >= 15 is 0 Å². The summed E-state index contributed by atoms with van der Waals surface area (Å²) in [5.74, 6) is -2.42. The van der Waals surface area contributed by atoms with Gasteiger partial charge in [0.2, 0.25) is 5.91 Å². The fourth-order valence-corrected chi connectivity index (χ4v) is 1.61. The van der Waals surface area contributed by atoms with Gasteiger partial charge in [0.1, 0.15) is 0 Å². The zero-order valence-electron chi connectivity index (χ0n) is 10.9. The molecule has 0 aliphatic heterocycles. The predicted octanol–water partition coefficient (Wildman–Crippen LogP) is 2.22. The Morgan fingerprint density at radius 2 is 1.61 bits per heavy atom. The van der Waals surface area contributed by atoms with E-state index in [0.29, 0.717) is 0 Å². The molecule has 3 atom stereocenters. The number of carbonyl (C=O) groups is 2. The van der Waals surface area contributed by atoms with Crippen LogP contribution in [-0.2, 0) is 9.59 Å². The summed E-state index contributed by atoms with van der Waals surface area (Å²) in [5.41, 5.74) is 1.00. The van der Waals surface area contributed by atoms with Gasteiger partial charge in [0, 0.05) is 5.92 Å². The Labute approximate surface area is 107 Å². The second-order valence-electron chi connectivity index (χ2n) is 4.56. The van der Waals surface area contributed by atoms with E-state index in [1.54, 1.807) is 13.8 Å². The minimum absolute atomic E-state index is 0.123. The molecule has 1 amide bonds. The lowest BCUT2D eigenvalue weighted by atomic mass is 9.95. The molecule has 4 heteroatoms. The minimum Gasteiger partial charge on any atom is -0.481 e. The Hall–Kier alpha value is -1.84. The molecule has 0 aliphatic carbocycles. The number of rotatable bonds is 5. The van der Waals surface area contributed by atoms with Crippen LogP contribution in [0.1, 0.15) is 32.4 Å². The summed E-state index contributed by atoms with van der Waals surface area (Å²) in [6.45, 7) is 5.05. The van der Waals surface area contributed by atoms with E-state index < -0.39 is 17.8 Å². The van der Waals surface area contributed by atoms with Gasteiger partial charge in [-0.15, -0.1) is 0 Å². The van der Waals surface area contributed by atoms with Crippen molar-refractivity contribution >= 4 is 11.9 Å². The van der Waals surface area contributed by atoms with Crippen molar-refractivity contribution in [1.82, 2.24) is 5.32 Å². The van der Waals surface area contributed by atoms with Gasteiger partial charge in [-0.3, -0.25) is 9.59 Å². The normalized spacial score (nSPS) is 15.5. The molecule has 1 aromatic carbocycles. The first-order valence-corrected chi connectivity index (χ1v) is 6.01. The lowest BCUT2D eigenvalue weighted by Gasteiger charge is -2.20. The SMILES string of the molecule is CC(C(=O)O)C(C)C(=O)N[C@H](C)c1ccccc1. The highest BCUT2D eigenvalue weighted by molar-refractivity contribution is 5.84. The van der Waals surface area contributed by atoms with Crippen LogP contribution in [0.4, 0.5) is 0 Å². The van der Waals surface area contributed by atoms with Gasteiger partial charge in [-0.05, 0) is 12.5 Å². The van der Waals surface area contributed by atoms with E-state index in [9.17, 15) is 9.59 Å². The molecule has 2 N–H and O–H groups in total. The zero-order valence-corrected chi connectivity index (χ0v) is 10.9. The van der Waals surface area contributed by atoms with Crippen LogP contribution < -0.4 is 5.32 Å². The summed E-state index contributed by atoms with van der Waals surface area (Å²) in [7, 11) is 0. The van der Waals surface area contributed by atoms with Crippen molar-refractivity contribution < 1.29 is 14.7 Å². The number of amides is 1. The largest absolute Gasteiger partial charge is 0.481 e. The van der Waals surface area contributed by atoms with Crippen LogP contribution in [0.25, 0.3) is 0 Å². The number of nitrogens with one attached hydrogen (secondary N) is 1. The number of hydrogen-bond acceptors (Lipinski definition) is 2. The summed E-state index contributed by atoms with van der Waals surface area (Å²) >= 11 is 0. The van der Waals surface area contributed by atoms with Crippen molar-refractivity contribution in [2.45, 2.75) is 26.8 Å². The first-order chi connectivity index (χ1) is 8.43. The molecule has 0 saturated heterocycles. The predicted molar refractivity (Wildman–Crippen MR) is 69.0 cm³/mol. The average Bonchev–Trinajstić information content (AvgIpc) is 2.37. The number of hydrogen-bond donors (Lipinski definition) is 2. The maximum atomic E-state index is 11.9. The van der Waals surface area contributed by atoms with Gasteiger partial charge in [0.05, 0.1) is 12.0 Å². The van der Waals surface area contributed by atoms with E-state index in [1.807, 2.05) is 37.3 Å². The van der Waals surface area contributed by atoms with Gasteiger partial charge in [-0.25, -0.2) is 0 Å². The van der Waals surface area contributed by atoms with Crippen LogP contribution in [0, 0.1) is 11.8 Å². The fraction of sp³-hybridized carbons (Fsp3) is 0.429. The van der Waals surface area contributed by atoms with E-state index in [-0.39, 0.29) is 11.9 Å². The molecule has 0 saturated carbocycles. The molecule has 0 heterocycles. The number of carboxylic acid groups (broad SMARTS) is 1. The van der Waals surface area contributed by atoms with Gasteiger partial charge in [0.25, 0.3) is 0 Å². The Kier molecular flexibility index (Phi) is 4.89. The fourth-order valence-electron chi connectivity index (χ4n) is 1.61. The van der Waals surface area contributed by atoms with Gasteiger partial charge < -0.3 is 10.4 Å². The third-order valence-electron chi connectivity index (χ3n) is 3.21. The monoisotopic (exact) mass is 249 g/mol. The molecule has 0 radical (unpaired) electrons. The van der Waals surface area contributed by atoms with Gasteiger partial charge >= 0.3 is 5.97 Å². The van der Waals surface area contributed by atoms with Gasteiger partial charge in [0.15, 0.2) is 0 Å². The van der Waals surface area contributed by atoms with Crippen molar-refractivity contribution in [3.63, 3.8) is 0 Å². The number of carbonyl (C=O) groups excluding carboxylic acids is 1. The van der Waals surface area contributed by atoms with E-state index in [0.717, 1.165) is 5.56 Å². The lowest BCUT2D eigenvalue weighted by Crippen LogP contribution is -2.36. The minimum atomic E-state index is -0.954. The Morgan fingerprint density at radius 1 is 1.06 bits per heavy atom. The molecule has 0 aromatic heterocycles. The molecule has 1 aromatic rings. The Balaban J connectivity index is 2.62. The molecular formula is C14H19NO3. The number of aliphatic carboxylic acids is 1. The quantitative estimate of drug-likeness (QED) is 0.840. The summed E-state index contributed by atoms with van der Waals surface area (Å²) in [6.07, 6.45) is 0. The maximum absolute atomic E-state index is 11.9. The molecule has 0 bridgehead atoms. The van der Waals surface area contributed by atoms with Crippen LogP contribution in [0.3, 0.4) is 0 Å². The molecule has 1 rings (SSSR count).